The molecule has 0 spiro atoms. The fourth-order valence-corrected chi connectivity index (χ4v) is 3.93. The van der Waals surface area contributed by atoms with E-state index in [9.17, 15) is 9.59 Å². The van der Waals surface area contributed by atoms with Gasteiger partial charge in [-0.15, -0.1) is 11.3 Å². The summed E-state index contributed by atoms with van der Waals surface area (Å²) in [6.45, 7) is 4.94. The van der Waals surface area contributed by atoms with Gasteiger partial charge in [-0.05, 0) is 67.5 Å². The van der Waals surface area contributed by atoms with E-state index in [1.807, 2.05) is 73.8 Å². The average Bonchev–Trinajstić information content (AvgIpc) is 3.31. The highest BCUT2D eigenvalue weighted by atomic mass is 32.1. The zero-order valence-corrected chi connectivity index (χ0v) is 19.2. The van der Waals surface area contributed by atoms with Crippen molar-refractivity contribution >= 4 is 29.2 Å². The van der Waals surface area contributed by atoms with Gasteiger partial charge >= 0.3 is 0 Å². The quantitative estimate of drug-likeness (QED) is 0.340. The van der Waals surface area contributed by atoms with E-state index in [1.54, 1.807) is 12.1 Å². The van der Waals surface area contributed by atoms with Gasteiger partial charge in [0.2, 0.25) is 0 Å². The van der Waals surface area contributed by atoms with Gasteiger partial charge in [0.05, 0.1) is 6.61 Å². The Bertz CT molecular complexity index is 1070. The summed E-state index contributed by atoms with van der Waals surface area (Å²) in [6, 6.07) is 19.1. The molecule has 2 amide bonds. The highest BCUT2D eigenvalue weighted by Crippen LogP contribution is 2.19. The van der Waals surface area contributed by atoms with Crippen LogP contribution in [0.3, 0.4) is 0 Å². The van der Waals surface area contributed by atoms with E-state index in [1.165, 1.54) is 11.3 Å². The van der Waals surface area contributed by atoms with Crippen LogP contribution in [0, 0.1) is 6.92 Å². The highest BCUT2D eigenvalue weighted by molar-refractivity contribution is 7.10. The molecule has 0 aliphatic carbocycles. The third kappa shape index (κ3) is 6.56. The molecule has 0 unspecified atom stereocenters. The Morgan fingerprint density at radius 3 is 2.56 bits per heavy atom. The molecule has 0 radical (unpaired) electrons. The van der Waals surface area contributed by atoms with Crippen molar-refractivity contribution in [1.29, 1.82) is 0 Å². The van der Waals surface area contributed by atoms with E-state index >= 15 is 0 Å². The fourth-order valence-electron chi connectivity index (χ4n) is 3.27. The Morgan fingerprint density at radius 1 is 1.03 bits per heavy atom. The lowest BCUT2D eigenvalue weighted by Crippen LogP contribution is -2.35. The highest BCUT2D eigenvalue weighted by Gasteiger charge is 2.16. The Balaban J connectivity index is 1.63. The van der Waals surface area contributed by atoms with Crippen molar-refractivity contribution in [2.24, 2.45) is 0 Å². The number of aryl methyl sites for hydroxylation is 2. The minimum Gasteiger partial charge on any atom is -0.494 e. The number of carbonyl (C=O) groups excluding carboxylic acids is 2. The number of hydrogen-bond acceptors (Lipinski definition) is 4. The standard InChI is InChI=1S/C26H28N2O3S/c1-3-31-24-15-7-5-11-20(24)12-8-16-27-26(30)23(18-21-13-9-17-32-21)28-25(29)22-14-6-4-10-19(22)2/h4-7,9-11,13-15,17-18H,3,8,12,16H2,1-2H3,(H,27,30)(H,28,29)/b23-18-. The second kappa shape index (κ2) is 11.9. The van der Waals surface area contributed by atoms with Crippen molar-refractivity contribution in [2.45, 2.75) is 26.7 Å². The molecule has 0 bridgehead atoms. The van der Waals surface area contributed by atoms with Gasteiger partial charge in [0.25, 0.3) is 11.8 Å². The number of para-hydroxylation sites is 1. The first-order valence-electron chi connectivity index (χ1n) is 10.7. The first kappa shape index (κ1) is 23.3. The van der Waals surface area contributed by atoms with Crippen molar-refractivity contribution in [3.63, 3.8) is 0 Å². The third-order valence-electron chi connectivity index (χ3n) is 4.89. The molecule has 166 valence electrons. The van der Waals surface area contributed by atoms with E-state index in [-0.39, 0.29) is 17.5 Å². The monoisotopic (exact) mass is 448 g/mol. The summed E-state index contributed by atoms with van der Waals surface area (Å²) in [5.74, 6) is 0.273. The molecule has 2 N–H and O–H groups in total. The third-order valence-corrected chi connectivity index (χ3v) is 5.71. The molecule has 0 aliphatic heterocycles. The lowest BCUT2D eigenvalue weighted by Gasteiger charge is -2.13. The molecule has 1 aromatic heterocycles. The van der Waals surface area contributed by atoms with Crippen LogP contribution < -0.4 is 15.4 Å². The maximum atomic E-state index is 12.9. The maximum absolute atomic E-state index is 12.9. The number of benzene rings is 2. The molecule has 6 heteroatoms. The van der Waals surface area contributed by atoms with E-state index < -0.39 is 0 Å². The first-order valence-corrected chi connectivity index (χ1v) is 11.6. The molecule has 3 rings (SSSR count). The summed E-state index contributed by atoms with van der Waals surface area (Å²) in [5, 5.41) is 7.65. The van der Waals surface area contributed by atoms with Crippen LogP contribution in [-0.2, 0) is 11.2 Å². The average molecular weight is 449 g/mol. The number of thiophene rings is 1. The summed E-state index contributed by atoms with van der Waals surface area (Å²) >= 11 is 1.50. The molecule has 0 saturated carbocycles. The smallest absolute Gasteiger partial charge is 0.267 e. The molecule has 0 atom stereocenters. The normalized spacial score (nSPS) is 11.1. The molecule has 1 heterocycles. The van der Waals surface area contributed by atoms with Crippen molar-refractivity contribution in [3.05, 3.63) is 93.3 Å². The van der Waals surface area contributed by atoms with Crippen molar-refractivity contribution in [3.8, 4) is 5.75 Å². The summed E-state index contributed by atoms with van der Waals surface area (Å²) in [7, 11) is 0. The van der Waals surface area contributed by atoms with Crippen LogP contribution in [0.15, 0.2) is 71.7 Å². The van der Waals surface area contributed by atoms with Crippen LogP contribution in [0.1, 0.15) is 39.7 Å². The van der Waals surface area contributed by atoms with Gasteiger partial charge in [-0.1, -0.05) is 42.5 Å². The summed E-state index contributed by atoms with van der Waals surface area (Å²) in [4.78, 5) is 26.6. The van der Waals surface area contributed by atoms with Crippen molar-refractivity contribution < 1.29 is 14.3 Å². The van der Waals surface area contributed by atoms with Gasteiger partial charge in [-0.2, -0.15) is 0 Å². The van der Waals surface area contributed by atoms with Crippen LogP contribution in [0.5, 0.6) is 5.75 Å². The molecule has 5 nitrogen and oxygen atoms in total. The van der Waals surface area contributed by atoms with E-state index in [0.29, 0.717) is 18.7 Å². The topological polar surface area (TPSA) is 67.4 Å². The minimum atomic E-state index is -0.307. The first-order chi connectivity index (χ1) is 15.6. The Kier molecular flexibility index (Phi) is 8.63. The molecule has 2 aromatic carbocycles. The van der Waals surface area contributed by atoms with Crippen molar-refractivity contribution in [1.82, 2.24) is 10.6 Å². The summed E-state index contributed by atoms with van der Waals surface area (Å²) in [6.07, 6.45) is 3.25. The van der Waals surface area contributed by atoms with E-state index in [0.717, 1.165) is 34.6 Å². The summed E-state index contributed by atoms with van der Waals surface area (Å²) < 4.78 is 5.66. The zero-order valence-electron chi connectivity index (χ0n) is 18.4. The summed E-state index contributed by atoms with van der Waals surface area (Å²) in [5.41, 5.74) is 2.75. The van der Waals surface area contributed by atoms with Gasteiger partial charge in [-0.3, -0.25) is 9.59 Å². The van der Waals surface area contributed by atoms with Gasteiger partial charge in [0, 0.05) is 17.0 Å². The Labute approximate surface area is 193 Å². The number of hydrogen-bond donors (Lipinski definition) is 2. The second-order valence-electron chi connectivity index (χ2n) is 7.24. The second-order valence-corrected chi connectivity index (χ2v) is 8.22. The lowest BCUT2D eigenvalue weighted by atomic mass is 10.1. The van der Waals surface area contributed by atoms with Crippen LogP contribution in [0.25, 0.3) is 6.08 Å². The van der Waals surface area contributed by atoms with Gasteiger partial charge < -0.3 is 15.4 Å². The number of carbonyl (C=O) groups is 2. The van der Waals surface area contributed by atoms with Gasteiger partial charge in [-0.25, -0.2) is 0 Å². The largest absolute Gasteiger partial charge is 0.494 e. The molecular weight excluding hydrogens is 420 g/mol. The maximum Gasteiger partial charge on any atom is 0.267 e. The predicted molar refractivity (Wildman–Crippen MR) is 130 cm³/mol. The van der Waals surface area contributed by atoms with Crippen LogP contribution in [-0.4, -0.2) is 25.0 Å². The Hall–Kier alpha value is -3.38. The zero-order chi connectivity index (χ0) is 22.8. The van der Waals surface area contributed by atoms with E-state index in [4.69, 9.17) is 4.74 Å². The van der Waals surface area contributed by atoms with Crippen LogP contribution in [0.2, 0.25) is 0 Å². The van der Waals surface area contributed by atoms with Gasteiger partial charge in [0.15, 0.2) is 0 Å². The molecule has 0 fully saturated rings. The molecule has 3 aromatic rings. The molecule has 0 saturated heterocycles. The van der Waals surface area contributed by atoms with Crippen molar-refractivity contribution in [2.75, 3.05) is 13.2 Å². The Morgan fingerprint density at radius 2 is 1.81 bits per heavy atom. The molecule has 32 heavy (non-hydrogen) atoms. The lowest BCUT2D eigenvalue weighted by molar-refractivity contribution is -0.117. The number of rotatable bonds is 10. The SMILES string of the molecule is CCOc1ccccc1CCCNC(=O)/C(=C/c1cccs1)NC(=O)c1ccccc1C. The van der Waals surface area contributed by atoms with Crippen LogP contribution >= 0.6 is 11.3 Å². The molecular formula is C26H28N2O3S. The predicted octanol–water partition coefficient (Wildman–Crippen LogP) is 4.98. The van der Waals surface area contributed by atoms with Gasteiger partial charge in [0.1, 0.15) is 11.4 Å². The number of amides is 2. The number of nitrogens with one attached hydrogen (secondary N) is 2. The van der Waals surface area contributed by atoms with E-state index in [2.05, 4.69) is 10.6 Å². The minimum absolute atomic E-state index is 0.232. The number of ether oxygens (including phenoxy) is 1. The fraction of sp³-hybridized carbons (Fsp3) is 0.231. The molecule has 0 aliphatic rings. The van der Waals surface area contributed by atoms with Crippen LogP contribution in [0.4, 0.5) is 0 Å².